The summed E-state index contributed by atoms with van der Waals surface area (Å²) in [5.41, 5.74) is 1.21. The summed E-state index contributed by atoms with van der Waals surface area (Å²) in [6.07, 6.45) is 4.64. The van der Waals surface area contributed by atoms with Crippen LogP contribution in [0.25, 0.3) is 0 Å². The predicted molar refractivity (Wildman–Crippen MR) is 81.9 cm³/mol. The van der Waals surface area contributed by atoms with Crippen molar-refractivity contribution in [3.63, 3.8) is 0 Å². The zero-order valence-corrected chi connectivity index (χ0v) is 13.1. The lowest BCUT2D eigenvalue weighted by molar-refractivity contribution is 0.0973. The molecule has 2 aliphatic heterocycles. The van der Waals surface area contributed by atoms with E-state index >= 15 is 0 Å². The van der Waals surface area contributed by atoms with Crippen LogP contribution in [0.1, 0.15) is 38.7 Å². The fourth-order valence-electron chi connectivity index (χ4n) is 3.27. The van der Waals surface area contributed by atoms with E-state index in [-0.39, 0.29) is 6.10 Å². The first-order valence-electron chi connectivity index (χ1n) is 7.88. The number of rotatable bonds is 6. The second kappa shape index (κ2) is 6.24. The molecule has 116 valence electrons. The first-order chi connectivity index (χ1) is 10.2. The Morgan fingerprint density at radius 3 is 2.76 bits per heavy atom. The molecule has 0 saturated carbocycles. The zero-order valence-electron chi connectivity index (χ0n) is 13.1. The standard InChI is InChI=1S/C17H25NO3/c1-11(2)20-16-6-4-12(8-17(16)19-3)10-18-14-9-13-5-7-15(14)21-13/h4,6,8,11,13-15,18H,5,7,9-10H2,1-3H3. The number of hydrogen-bond donors (Lipinski definition) is 1. The molecule has 0 aromatic heterocycles. The summed E-state index contributed by atoms with van der Waals surface area (Å²) in [6, 6.07) is 6.65. The van der Waals surface area contributed by atoms with E-state index in [4.69, 9.17) is 14.2 Å². The fourth-order valence-corrected chi connectivity index (χ4v) is 3.27. The Kier molecular flexibility index (Phi) is 4.36. The lowest BCUT2D eigenvalue weighted by Crippen LogP contribution is -2.36. The molecule has 4 heteroatoms. The Bertz CT molecular complexity index is 489. The van der Waals surface area contributed by atoms with E-state index in [1.54, 1.807) is 7.11 Å². The number of ether oxygens (including phenoxy) is 3. The van der Waals surface area contributed by atoms with Crippen LogP contribution >= 0.6 is 0 Å². The van der Waals surface area contributed by atoms with Gasteiger partial charge >= 0.3 is 0 Å². The van der Waals surface area contributed by atoms with Crippen molar-refractivity contribution >= 4 is 0 Å². The largest absolute Gasteiger partial charge is 0.493 e. The van der Waals surface area contributed by atoms with E-state index in [1.165, 1.54) is 18.4 Å². The summed E-state index contributed by atoms with van der Waals surface area (Å²) in [6.45, 7) is 4.88. The molecule has 0 amide bonds. The minimum Gasteiger partial charge on any atom is -0.493 e. The topological polar surface area (TPSA) is 39.7 Å². The van der Waals surface area contributed by atoms with Crippen molar-refractivity contribution in [2.45, 2.75) is 64.0 Å². The first kappa shape index (κ1) is 14.7. The molecule has 0 spiro atoms. The van der Waals surface area contributed by atoms with Gasteiger partial charge in [0.1, 0.15) is 0 Å². The second-order valence-electron chi connectivity index (χ2n) is 6.25. The van der Waals surface area contributed by atoms with E-state index in [1.807, 2.05) is 19.9 Å². The molecule has 3 atom stereocenters. The van der Waals surface area contributed by atoms with Crippen LogP contribution in [0.2, 0.25) is 0 Å². The van der Waals surface area contributed by atoms with Gasteiger partial charge in [0, 0.05) is 12.6 Å². The monoisotopic (exact) mass is 291 g/mol. The van der Waals surface area contributed by atoms with Crippen LogP contribution < -0.4 is 14.8 Å². The smallest absolute Gasteiger partial charge is 0.161 e. The maximum Gasteiger partial charge on any atom is 0.161 e. The van der Waals surface area contributed by atoms with Gasteiger partial charge in [0.15, 0.2) is 11.5 Å². The molecular weight excluding hydrogens is 266 g/mol. The van der Waals surface area contributed by atoms with Crippen LogP contribution in [0.3, 0.4) is 0 Å². The lowest BCUT2D eigenvalue weighted by atomic mass is 9.95. The van der Waals surface area contributed by atoms with Gasteiger partial charge in [0.05, 0.1) is 25.4 Å². The van der Waals surface area contributed by atoms with E-state index in [0.29, 0.717) is 18.2 Å². The molecule has 2 aliphatic rings. The van der Waals surface area contributed by atoms with Crippen LogP contribution in [-0.4, -0.2) is 31.5 Å². The molecule has 1 aromatic carbocycles. The van der Waals surface area contributed by atoms with E-state index < -0.39 is 0 Å². The summed E-state index contributed by atoms with van der Waals surface area (Å²) >= 11 is 0. The van der Waals surface area contributed by atoms with Gasteiger partial charge in [-0.1, -0.05) is 6.07 Å². The molecule has 3 unspecified atom stereocenters. The number of nitrogens with one attached hydrogen (secondary N) is 1. The molecule has 21 heavy (non-hydrogen) atoms. The first-order valence-corrected chi connectivity index (χ1v) is 7.88. The van der Waals surface area contributed by atoms with Crippen molar-refractivity contribution in [1.82, 2.24) is 5.32 Å². The van der Waals surface area contributed by atoms with E-state index in [9.17, 15) is 0 Å². The maximum atomic E-state index is 5.87. The number of benzene rings is 1. The van der Waals surface area contributed by atoms with Crippen molar-refractivity contribution < 1.29 is 14.2 Å². The van der Waals surface area contributed by atoms with Gasteiger partial charge in [0.2, 0.25) is 0 Å². The number of hydrogen-bond acceptors (Lipinski definition) is 4. The van der Waals surface area contributed by atoms with Gasteiger partial charge < -0.3 is 19.5 Å². The Morgan fingerprint density at radius 1 is 1.29 bits per heavy atom. The predicted octanol–water partition coefficient (Wildman–Crippen LogP) is 2.89. The molecule has 1 aromatic rings. The Labute approximate surface area is 126 Å². The highest BCUT2D eigenvalue weighted by atomic mass is 16.5. The third-order valence-corrected chi connectivity index (χ3v) is 4.27. The highest BCUT2D eigenvalue weighted by molar-refractivity contribution is 5.43. The number of methoxy groups -OCH3 is 1. The van der Waals surface area contributed by atoms with Crippen LogP contribution in [0.4, 0.5) is 0 Å². The van der Waals surface area contributed by atoms with Crippen LogP contribution in [0.5, 0.6) is 11.5 Å². The molecule has 0 radical (unpaired) electrons. The SMILES string of the molecule is COc1cc(CNC2CC3CCC2O3)ccc1OC(C)C. The molecule has 3 rings (SSSR count). The van der Waals surface area contributed by atoms with E-state index in [2.05, 4.69) is 17.4 Å². The average molecular weight is 291 g/mol. The highest BCUT2D eigenvalue weighted by Gasteiger charge is 2.40. The van der Waals surface area contributed by atoms with Crippen LogP contribution in [-0.2, 0) is 11.3 Å². The van der Waals surface area contributed by atoms with Crippen LogP contribution in [0, 0.1) is 0 Å². The van der Waals surface area contributed by atoms with E-state index in [0.717, 1.165) is 24.5 Å². The fraction of sp³-hybridized carbons (Fsp3) is 0.647. The molecule has 2 saturated heterocycles. The van der Waals surface area contributed by atoms with Gasteiger partial charge in [-0.3, -0.25) is 0 Å². The van der Waals surface area contributed by atoms with Gasteiger partial charge in [-0.05, 0) is 50.8 Å². The minimum absolute atomic E-state index is 0.147. The Hall–Kier alpha value is -1.26. The van der Waals surface area contributed by atoms with Crippen LogP contribution in [0.15, 0.2) is 18.2 Å². The van der Waals surface area contributed by atoms with Crippen molar-refractivity contribution in [2.24, 2.45) is 0 Å². The van der Waals surface area contributed by atoms with Gasteiger partial charge in [-0.25, -0.2) is 0 Å². The summed E-state index contributed by atoms with van der Waals surface area (Å²) in [4.78, 5) is 0. The highest BCUT2D eigenvalue weighted by Crippen LogP contribution is 2.34. The molecule has 4 nitrogen and oxygen atoms in total. The van der Waals surface area contributed by atoms with Crippen molar-refractivity contribution in [1.29, 1.82) is 0 Å². The van der Waals surface area contributed by atoms with Crippen molar-refractivity contribution in [3.8, 4) is 11.5 Å². The molecular formula is C17H25NO3. The average Bonchev–Trinajstić information content (AvgIpc) is 3.08. The normalized spacial score (nSPS) is 27.3. The molecule has 2 bridgehead atoms. The summed E-state index contributed by atoms with van der Waals surface area (Å²) in [5, 5.41) is 3.62. The Balaban J connectivity index is 1.60. The molecule has 1 N–H and O–H groups in total. The maximum absolute atomic E-state index is 5.87. The Morgan fingerprint density at radius 2 is 2.14 bits per heavy atom. The molecule has 2 fully saturated rings. The van der Waals surface area contributed by atoms with Gasteiger partial charge in [-0.15, -0.1) is 0 Å². The molecule has 0 aliphatic carbocycles. The summed E-state index contributed by atoms with van der Waals surface area (Å²) in [5.74, 6) is 1.60. The third-order valence-electron chi connectivity index (χ3n) is 4.27. The van der Waals surface area contributed by atoms with Gasteiger partial charge in [0.25, 0.3) is 0 Å². The summed E-state index contributed by atoms with van der Waals surface area (Å²) < 4.78 is 17.0. The van der Waals surface area contributed by atoms with Gasteiger partial charge in [-0.2, -0.15) is 0 Å². The zero-order chi connectivity index (χ0) is 14.8. The lowest BCUT2D eigenvalue weighted by Gasteiger charge is -2.20. The third kappa shape index (κ3) is 3.33. The second-order valence-corrected chi connectivity index (χ2v) is 6.25. The molecule has 2 heterocycles. The number of fused-ring (bicyclic) bond motifs is 2. The minimum atomic E-state index is 0.147. The van der Waals surface area contributed by atoms with Crippen molar-refractivity contribution in [3.05, 3.63) is 23.8 Å². The summed E-state index contributed by atoms with van der Waals surface area (Å²) in [7, 11) is 1.68. The van der Waals surface area contributed by atoms with Crippen molar-refractivity contribution in [2.75, 3.05) is 7.11 Å². The quantitative estimate of drug-likeness (QED) is 0.875.